The Labute approximate surface area is 120 Å². The highest BCUT2D eigenvalue weighted by Gasteiger charge is 2.15. The van der Waals surface area contributed by atoms with Gasteiger partial charge in [-0.05, 0) is 17.7 Å². The minimum Gasteiger partial charge on any atom is -0.619 e. The summed E-state index contributed by atoms with van der Waals surface area (Å²) in [5, 5.41) is 21.4. The number of pyridine rings is 1. The highest BCUT2D eigenvalue weighted by atomic mass is 32.2. The molecule has 0 atom stereocenters. The van der Waals surface area contributed by atoms with E-state index in [9.17, 15) is 23.7 Å². The van der Waals surface area contributed by atoms with Crippen LogP contribution in [0.3, 0.4) is 0 Å². The van der Waals surface area contributed by atoms with Crippen LogP contribution in [0, 0.1) is 15.3 Å². The lowest BCUT2D eigenvalue weighted by molar-refractivity contribution is -0.605. The van der Waals surface area contributed by atoms with Gasteiger partial charge in [-0.1, -0.05) is 0 Å². The first kappa shape index (κ1) is 14.9. The molecule has 8 nitrogen and oxygen atoms in total. The minimum absolute atomic E-state index is 0.0140. The molecule has 0 radical (unpaired) electrons. The molecule has 1 heterocycles. The number of nitro benzene ring substituents is 1. The Morgan fingerprint density at radius 3 is 2.19 bits per heavy atom. The molecule has 0 saturated heterocycles. The van der Waals surface area contributed by atoms with E-state index in [0.717, 1.165) is 24.3 Å². The van der Waals surface area contributed by atoms with Crippen LogP contribution in [0.5, 0.6) is 0 Å². The van der Waals surface area contributed by atoms with Crippen LogP contribution in [-0.2, 0) is 16.6 Å². The van der Waals surface area contributed by atoms with Crippen LogP contribution in [0.1, 0.15) is 5.56 Å². The molecule has 0 bridgehead atoms. The Balaban J connectivity index is 2.11. The Morgan fingerprint density at radius 1 is 1.10 bits per heavy atom. The summed E-state index contributed by atoms with van der Waals surface area (Å²) in [4.78, 5) is 9.84. The van der Waals surface area contributed by atoms with Crippen LogP contribution in [0.2, 0.25) is 0 Å². The summed E-state index contributed by atoms with van der Waals surface area (Å²) in [6, 6.07) is 7.56. The average Bonchev–Trinajstić information content (AvgIpc) is 2.47. The van der Waals surface area contributed by atoms with Crippen LogP contribution in [-0.4, -0.2) is 13.3 Å². The molecular formula is C12H11N3O5S. The molecule has 0 saturated carbocycles. The number of rotatable bonds is 5. The van der Waals surface area contributed by atoms with Crippen molar-refractivity contribution < 1.29 is 18.1 Å². The van der Waals surface area contributed by atoms with Gasteiger partial charge in [0.05, 0.1) is 9.82 Å². The maximum atomic E-state index is 12.0. The Bertz CT molecular complexity index is 741. The molecule has 0 aliphatic carbocycles. The first-order valence-corrected chi connectivity index (χ1v) is 7.28. The zero-order chi connectivity index (χ0) is 15.5. The first-order chi connectivity index (χ1) is 9.88. The van der Waals surface area contributed by atoms with Crippen molar-refractivity contribution in [2.24, 2.45) is 0 Å². The molecule has 2 aromatic rings. The van der Waals surface area contributed by atoms with Crippen molar-refractivity contribution in [1.29, 1.82) is 0 Å². The van der Waals surface area contributed by atoms with E-state index in [1.54, 1.807) is 0 Å². The zero-order valence-electron chi connectivity index (χ0n) is 10.7. The highest BCUT2D eigenvalue weighted by molar-refractivity contribution is 7.89. The second-order valence-electron chi connectivity index (χ2n) is 4.14. The monoisotopic (exact) mass is 309 g/mol. The van der Waals surface area contributed by atoms with Crippen LogP contribution in [0.4, 0.5) is 5.69 Å². The quantitative estimate of drug-likeness (QED) is 0.378. The molecule has 0 fully saturated rings. The fourth-order valence-corrected chi connectivity index (χ4v) is 2.59. The lowest BCUT2D eigenvalue weighted by atomic mass is 10.3. The van der Waals surface area contributed by atoms with Gasteiger partial charge in [0.1, 0.15) is 0 Å². The van der Waals surface area contributed by atoms with Gasteiger partial charge in [0.25, 0.3) is 5.69 Å². The fraction of sp³-hybridized carbons (Fsp3) is 0.0833. The maximum absolute atomic E-state index is 12.0. The molecule has 2 rings (SSSR count). The SMILES string of the molecule is O=[N+]([O-])c1ccc(S(=O)(=O)NCc2cc[n+]([O-])cc2)cc1. The van der Waals surface area contributed by atoms with E-state index in [1.807, 2.05) is 0 Å². The van der Waals surface area contributed by atoms with E-state index < -0.39 is 14.9 Å². The Hall–Kier alpha value is -2.52. The number of nitro groups is 1. The number of non-ortho nitro benzene ring substituents is 1. The number of hydrogen-bond acceptors (Lipinski definition) is 5. The molecule has 0 aliphatic rings. The number of aromatic nitrogens is 1. The topological polar surface area (TPSA) is 116 Å². The lowest BCUT2D eigenvalue weighted by Crippen LogP contribution is -2.26. The molecule has 21 heavy (non-hydrogen) atoms. The second kappa shape index (κ2) is 5.85. The van der Waals surface area contributed by atoms with Gasteiger partial charge in [-0.2, -0.15) is 4.73 Å². The smallest absolute Gasteiger partial charge is 0.269 e. The molecular weight excluding hydrogens is 298 g/mol. The van der Waals surface area contributed by atoms with Gasteiger partial charge in [0.2, 0.25) is 10.0 Å². The molecule has 1 aromatic carbocycles. The number of hydrogen-bond donors (Lipinski definition) is 1. The third-order valence-corrected chi connectivity index (χ3v) is 4.11. The second-order valence-corrected chi connectivity index (χ2v) is 5.91. The normalized spacial score (nSPS) is 11.2. The lowest BCUT2D eigenvalue weighted by Gasteiger charge is -2.06. The van der Waals surface area contributed by atoms with E-state index >= 15 is 0 Å². The fourth-order valence-electron chi connectivity index (χ4n) is 1.57. The summed E-state index contributed by atoms with van der Waals surface area (Å²) in [5.41, 5.74) is 0.435. The minimum atomic E-state index is -3.77. The van der Waals surface area contributed by atoms with E-state index in [0.29, 0.717) is 10.3 Å². The largest absolute Gasteiger partial charge is 0.619 e. The van der Waals surface area contributed by atoms with Gasteiger partial charge < -0.3 is 5.21 Å². The molecule has 1 aromatic heterocycles. The predicted octanol–water partition coefficient (Wildman–Crippen LogP) is 0.707. The number of nitrogens with zero attached hydrogens (tertiary/aromatic N) is 2. The summed E-state index contributed by atoms with van der Waals surface area (Å²) in [6.07, 6.45) is 2.52. The Kier molecular flexibility index (Phi) is 4.15. The van der Waals surface area contributed by atoms with Crippen molar-refractivity contribution in [3.63, 3.8) is 0 Å². The summed E-state index contributed by atoms with van der Waals surface area (Å²) in [6.45, 7) is 0.0140. The number of nitrogens with one attached hydrogen (secondary N) is 1. The average molecular weight is 309 g/mol. The molecule has 0 amide bonds. The van der Waals surface area contributed by atoms with Crippen LogP contribution < -0.4 is 9.45 Å². The summed E-state index contributed by atoms with van der Waals surface area (Å²) < 4.78 is 27.0. The molecule has 0 spiro atoms. The first-order valence-electron chi connectivity index (χ1n) is 5.80. The van der Waals surface area contributed by atoms with Gasteiger partial charge >= 0.3 is 0 Å². The number of benzene rings is 1. The predicted molar refractivity (Wildman–Crippen MR) is 72.5 cm³/mol. The summed E-state index contributed by atoms with van der Waals surface area (Å²) in [5.74, 6) is 0. The van der Waals surface area contributed by atoms with Gasteiger partial charge in [0, 0.05) is 30.8 Å². The van der Waals surface area contributed by atoms with E-state index in [2.05, 4.69) is 4.72 Å². The van der Waals surface area contributed by atoms with Crippen molar-refractivity contribution in [2.45, 2.75) is 11.4 Å². The maximum Gasteiger partial charge on any atom is 0.269 e. The summed E-state index contributed by atoms with van der Waals surface area (Å²) in [7, 11) is -3.77. The van der Waals surface area contributed by atoms with Gasteiger partial charge in [-0.25, -0.2) is 13.1 Å². The van der Waals surface area contributed by atoms with Crippen LogP contribution >= 0.6 is 0 Å². The van der Waals surface area contributed by atoms with E-state index in [4.69, 9.17) is 0 Å². The number of sulfonamides is 1. The summed E-state index contributed by atoms with van der Waals surface area (Å²) >= 11 is 0. The van der Waals surface area contributed by atoms with Crippen molar-refractivity contribution >= 4 is 15.7 Å². The van der Waals surface area contributed by atoms with Crippen LogP contribution in [0.15, 0.2) is 53.7 Å². The zero-order valence-corrected chi connectivity index (χ0v) is 11.5. The van der Waals surface area contributed by atoms with Gasteiger partial charge in [-0.3, -0.25) is 10.1 Å². The third kappa shape index (κ3) is 3.74. The Morgan fingerprint density at radius 2 is 1.67 bits per heavy atom. The molecule has 9 heteroatoms. The van der Waals surface area contributed by atoms with Gasteiger partial charge in [-0.15, -0.1) is 0 Å². The third-order valence-electron chi connectivity index (χ3n) is 2.70. The van der Waals surface area contributed by atoms with Crippen molar-refractivity contribution in [3.8, 4) is 0 Å². The molecule has 0 aliphatic heterocycles. The van der Waals surface area contributed by atoms with Crippen molar-refractivity contribution in [2.75, 3.05) is 0 Å². The highest BCUT2D eigenvalue weighted by Crippen LogP contribution is 2.15. The molecule has 0 unspecified atom stereocenters. The van der Waals surface area contributed by atoms with Crippen molar-refractivity contribution in [1.82, 2.24) is 4.72 Å². The molecule has 110 valence electrons. The van der Waals surface area contributed by atoms with E-state index in [1.165, 1.54) is 24.5 Å². The van der Waals surface area contributed by atoms with Crippen molar-refractivity contribution in [3.05, 3.63) is 69.7 Å². The van der Waals surface area contributed by atoms with Crippen LogP contribution in [0.25, 0.3) is 0 Å². The standard InChI is InChI=1S/C12H11N3O5S/c16-14-7-5-10(6-8-14)9-13-21(19,20)12-3-1-11(2-4-12)15(17)18/h1-8,13H,9H2. The van der Waals surface area contributed by atoms with Gasteiger partial charge in [0.15, 0.2) is 12.4 Å². The van der Waals surface area contributed by atoms with E-state index in [-0.39, 0.29) is 17.1 Å². The molecule has 1 N–H and O–H groups in total.